The Labute approximate surface area is 151 Å². The molecule has 0 saturated heterocycles. The number of nitrogens with zero attached hydrogens (tertiary/aromatic N) is 2. The Morgan fingerprint density at radius 3 is 1.71 bits per heavy atom. The van der Waals surface area contributed by atoms with E-state index >= 15 is 0 Å². The van der Waals surface area contributed by atoms with Crippen LogP contribution in [0.15, 0.2) is 94.5 Å². The van der Waals surface area contributed by atoms with Crippen LogP contribution in [0.1, 0.15) is 16.7 Å². The van der Waals surface area contributed by atoms with Crippen LogP contribution in [0.5, 0.6) is 0 Å². The highest BCUT2D eigenvalue weighted by Crippen LogP contribution is 2.12. The van der Waals surface area contributed by atoms with E-state index in [9.17, 15) is 0 Å². The summed E-state index contributed by atoms with van der Waals surface area (Å²) in [6.45, 7) is 1.56. The third-order valence-corrected chi connectivity index (χ3v) is 4.18. The normalized spacial score (nSPS) is 10.9. The van der Waals surface area contributed by atoms with E-state index in [4.69, 9.17) is 5.10 Å². The monoisotopic (exact) mass is 378 g/mol. The molecule has 0 heterocycles. The fourth-order valence-corrected chi connectivity index (χ4v) is 2.69. The van der Waals surface area contributed by atoms with Crippen molar-refractivity contribution in [3.63, 3.8) is 0 Å². The summed E-state index contributed by atoms with van der Waals surface area (Å²) < 4.78 is 1.07. The van der Waals surface area contributed by atoms with Gasteiger partial charge in [-0.2, -0.15) is 5.10 Å². The first-order valence-corrected chi connectivity index (χ1v) is 8.71. The summed E-state index contributed by atoms with van der Waals surface area (Å²) in [5.74, 6) is 0. The average molecular weight is 379 g/mol. The topological polar surface area (TPSA) is 15.6 Å². The van der Waals surface area contributed by atoms with E-state index in [1.165, 1.54) is 11.1 Å². The van der Waals surface area contributed by atoms with Crippen LogP contribution in [0.2, 0.25) is 0 Å². The van der Waals surface area contributed by atoms with E-state index in [1.54, 1.807) is 0 Å². The third kappa shape index (κ3) is 5.07. The molecule has 0 aliphatic rings. The molecule has 0 atom stereocenters. The van der Waals surface area contributed by atoms with Crippen LogP contribution in [0.25, 0.3) is 0 Å². The lowest BCUT2D eigenvalue weighted by Gasteiger charge is -2.19. The largest absolute Gasteiger partial charge is 0.288 e. The maximum Gasteiger partial charge on any atom is 0.0614 e. The zero-order valence-corrected chi connectivity index (χ0v) is 14.9. The standard InChI is InChI=1S/C21H19BrN2/c22-21-13-11-18(12-14-21)15-23-24(16-19-7-3-1-4-8-19)17-20-9-5-2-6-10-20/h1-15H,16-17H2/b23-15-. The fourth-order valence-electron chi connectivity index (χ4n) is 2.42. The fraction of sp³-hybridized carbons (Fsp3) is 0.0952. The van der Waals surface area contributed by atoms with Crippen molar-refractivity contribution in [1.29, 1.82) is 0 Å². The lowest BCUT2D eigenvalue weighted by atomic mass is 10.2. The summed E-state index contributed by atoms with van der Waals surface area (Å²) >= 11 is 3.46. The van der Waals surface area contributed by atoms with Gasteiger partial charge in [0.2, 0.25) is 0 Å². The van der Waals surface area contributed by atoms with Gasteiger partial charge in [-0.25, -0.2) is 0 Å². The van der Waals surface area contributed by atoms with Crippen LogP contribution in [-0.4, -0.2) is 11.2 Å². The molecular formula is C21H19BrN2. The number of hydrazone groups is 1. The molecule has 0 N–H and O–H groups in total. The maximum atomic E-state index is 4.71. The van der Waals surface area contributed by atoms with Crippen LogP contribution in [0, 0.1) is 0 Å². The molecule has 0 aliphatic heterocycles. The molecule has 3 aromatic carbocycles. The molecule has 0 bridgehead atoms. The number of rotatable bonds is 6. The van der Waals surface area contributed by atoms with Crippen molar-refractivity contribution in [2.24, 2.45) is 5.10 Å². The molecule has 120 valence electrons. The Morgan fingerprint density at radius 2 is 1.21 bits per heavy atom. The Morgan fingerprint density at radius 1 is 0.708 bits per heavy atom. The lowest BCUT2D eigenvalue weighted by Crippen LogP contribution is -2.17. The molecule has 0 unspecified atom stereocenters. The van der Waals surface area contributed by atoms with Gasteiger partial charge in [0.1, 0.15) is 0 Å². The highest BCUT2D eigenvalue weighted by molar-refractivity contribution is 9.10. The van der Waals surface area contributed by atoms with Gasteiger partial charge in [-0.05, 0) is 28.8 Å². The van der Waals surface area contributed by atoms with Crippen molar-refractivity contribution >= 4 is 22.1 Å². The first-order valence-electron chi connectivity index (χ1n) is 7.92. The molecule has 0 aliphatic carbocycles. The quantitative estimate of drug-likeness (QED) is 0.409. The van der Waals surface area contributed by atoms with Gasteiger partial charge in [0.25, 0.3) is 0 Å². The van der Waals surface area contributed by atoms with Crippen molar-refractivity contribution in [2.75, 3.05) is 0 Å². The van der Waals surface area contributed by atoms with E-state index in [0.29, 0.717) is 0 Å². The molecule has 0 radical (unpaired) electrons. The number of benzene rings is 3. The van der Waals surface area contributed by atoms with Gasteiger partial charge in [0.15, 0.2) is 0 Å². The van der Waals surface area contributed by atoms with Gasteiger partial charge in [0, 0.05) is 4.47 Å². The van der Waals surface area contributed by atoms with Crippen LogP contribution in [0.4, 0.5) is 0 Å². The molecule has 2 nitrogen and oxygen atoms in total. The van der Waals surface area contributed by atoms with E-state index in [-0.39, 0.29) is 0 Å². The minimum atomic E-state index is 0.781. The van der Waals surface area contributed by atoms with Crippen LogP contribution in [-0.2, 0) is 13.1 Å². The van der Waals surface area contributed by atoms with Gasteiger partial charge in [0.05, 0.1) is 19.3 Å². The average Bonchev–Trinajstić information content (AvgIpc) is 2.63. The number of hydrogen-bond donors (Lipinski definition) is 0. The number of halogens is 1. The van der Waals surface area contributed by atoms with Crippen molar-refractivity contribution < 1.29 is 0 Å². The SMILES string of the molecule is Brc1ccc(/C=N\N(Cc2ccccc2)Cc2ccccc2)cc1. The number of hydrogen-bond acceptors (Lipinski definition) is 2. The molecule has 3 rings (SSSR count). The molecule has 0 amide bonds. The highest BCUT2D eigenvalue weighted by atomic mass is 79.9. The summed E-state index contributed by atoms with van der Waals surface area (Å²) in [6.07, 6.45) is 1.92. The second-order valence-electron chi connectivity index (χ2n) is 5.59. The zero-order chi connectivity index (χ0) is 16.6. The van der Waals surface area contributed by atoms with Gasteiger partial charge >= 0.3 is 0 Å². The Hall–Kier alpha value is -2.39. The van der Waals surface area contributed by atoms with Crippen molar-refractivity contribution in [2.45, 2.75) is 13.1 Å². The molecule has 0 saturated carbocycles. The van der Waals surface area contributed by atoms with Crippen LogP contribution < -0.4 is 0 Å². The van der Waals surface area contributed by atoms with Gasteiger partial charge in [-0.1, -0.05) is 88.7 Å². The Bertz CT molecular complexity index is 726. The second-order valence-corrected chi connectivity index (χ2v) is 6.51. The maximum absolute atomic E-state index is 4.71. The van der Waals surface area contributed by atoms with E-state index in [0.717, 1.165) is 23.1 Å². The minimum Gasteiger partial charge on any atom is -0.288 e. The summed E-state index contributed by atoms with van der Waals surface area (Å²) in [6, 6.07) is 29.0. The first kappa shape index (κ1) is 16.5. The predicted molar refractivity (Wildman–Crippen MR) is 104 cm³/mol. The van der Waals surface area contributed by atoms with Crippen molar-refractivity contribution in [3.8, 4) is 0 Å². The predicted octanol–water partition coefficient (Wildman–Crippen LogP) is 5.49. The Balaban J connectivity index is 1.77. The van der Waals surface area contributed by atoms with Crippen molar-refractivity contribution in [1.82, 2.24) is 5.01 Å². The molecule has 24 heavy (non-hydrogen) atoms. The van der Waals surface area contributed by atoms with Crippen LogP contribution >= 0.6 is 15.9 Å². The van der Waals surface area contributed by atoms with E-state index < -0.39 is 0 Å². The van der Waals surface area contributed by atoms with Gasteiger partial charge in [-0.3, -0.25) is 5.01 Å². The molecular weight excluding hydrogens is 360 g/mol. The molecule has 0 fully saturated rings. The van der Waals surface area contributed by atoms with Gasteiger partial charge in [-0.15, -0.1) is 0 Å². The lowest BCUT2D eigenvalue weighted by molar-refractivity contribution is 0.272. The molecule has 0 spiro atoms. The highest BCUT2D eigenvalue weighted by Gasteiger charge is 2.04. The van der Waals surface area contributed by atoms with Crippen molar-refractivity contribution in [3.05, 3.63) is 106 Å². The molecule has 0 aromatic heterocycles. The van der Waals surface area contributed by atoms with Gasteiger partial charge < -0.3 is 0 Å². The molecule has 3 aromatic rings. The van der Waals surface area contributed by atoms with Crippen LogP contribution in [0.3, 0.4) is 0 Å². The molecule has 3 heteroatoms. The Kier molecular flexibility index (Phi) is 5.80. The summed E-state index contributed by atoms with van der Waals surface area (Å²) in [5, 5.41) is 6.80. The second kappa shape index (κ2) is 8.46. The first-order chi connectivity index (χ1) is 11.8. The zero-order valence-electron chi connectivity index (χ0n) is 13.3. The van der Waals surface area contributed by atoms with E-state index in [1.807, 2.05) is 30.5 Å². The minimum absolute atomic E-state index is 0.781. The van der Waals surface area contributed by atoms with E-state index in [2.05, 4.69) is 81.6 Å². The third-order valence-electron chi connectivity index (χ3n) is 3.66. The summed E-state index contributed by atoms with van der Waals surface area (Å²) in [5.41, 5.74) is 3.59. The smallest absolute Gasteiger partial charge is 0.0614 e. The summed E-state index contributed by atoms with van der Waals surface area (Å²) in [4.78, 5) is 0. The summed E-state index contributed by atoms with van der Waals surface area (Å²) in [7, 11) is 0.